The van der Waals surface area contributed by atoms with Gasteiger partial charge in [0.25, 0.3) is 11.5 Å². The van der Waals surface area contributed by atoms with Crippen molar-refractivity contribution < 1.29 is 4.79 Å². The summed E-state index contributed by atoms with van der Waals surface area (Å²) < 4.78 is 1.38. The number of carbonyl (C=O) groups excluding carboxylic acids is 1. The maximum absolute atomic E-state index is 12.9. The molecule has 1 N–H and O–H groups in total. The van der Waals surface area contributed by atoms with Gasteiger partial charge in [-0.25, -0.2) is 10.1 Å². The third kappa shape index (κ3) is 4.16. The van der Waals surface area contributed by atoms with Crippen molar-refractivity contribution in [3.63, 3.8) is 0 Å². The molecule has 6 heteroatoms. The smallest absolute Gasteiger partial charge is 0.267 e. The Morgan fingerprint density at radius 1 is 1.29 bits per heavy atom. The van der Waals surface area contributed by atoms with Crippen LogP contribution in [-0.4, -0.2) is 21.4 Å². The number of nitrogens with one attached hydrogen (secondary N) is 1. The molecule has 0 saturated heterocycles. The molecule has 150 valence electrons. The van der Waals surface area contributed by atoms with Gasteiger partial charge in [-0.05, 0) is 43.6 Å². The number of rotatable bonds is 5. The highest BCUT2D eigenvalue weighted by Gasteiger charge is 2.27. The number of carbonyl (C=O) groups is 1. The topological polar surface area (TPSA) is 76.3 Å². The van der Waals surface area contributed by atoms with Crippen molar-refractivity contribution in [2.75, 3.05) is 0 Å². The lowest BCUT2D eigenvalue weighted by molar-refractivity contribution is 0.0948. The molecule has 0 aliphatic heterocycles. The fourth-order valence-corrected chi connectivity index (χ4v) is 4.03. The molecular formula is C22H30N4O2. The van der Waals surface area contributed by atoms with Crippen LogP contribution in [0, 0.1) is 17.8 Å². The first-order valence-electron chi connectivity index (χ1n) is 10.3. The van der Waals surface area contributed by atoms with E-state index < -0.39 is 0 Å². The average molecular weight is 383 g/mol. The molecule has 0 unspecified atom stereocenters. The molecule has 1 heterocycles. The zero-order valence-corrected chi connectivity index (χ0v) is 17.2. The first kappa shape index (κ1) is 20.2. The summed E-state index contributed by atoms with van der Waals surface area (Å²) in [5.41, 5.74) is 3.87. The molecule has 0 spiro atoms. The van der Waals surface area contributed by atoms with E-state index in [1.807, 2.05) is 13.0 Å². The highest BCUT2D eigenvalue weighted by molar-refractivity contribution is 6.05. The number of fused-ring (bicyclic) bond motifs is 1. The Balaban J connectivity index is 1.95. The fraction of sp³-hybridized carbons (Fsp3) is 0.545. The molecule has 1 saturated carbocycles. The second-order valence-corrected chi connectivity index (χ2v) is 8.20. The maximum Gasteiger partial charge on any atom is 0.292 e. The number of aryl methyl sites for hydroxylation is 1. The second kappa shape index (κ2) is 8.67. The predicted molar refractivity (Wildman–Crippen MR) is 113 cm³/mol. The van der Waals surface area contributed by atoms with Gasteiger partial charge >= 0.3 is 0 Å². The Kier molecular flexibility index (Phi) is 6.27. The maximum atomic E-state index is 12.9. The van der Waals surface area contributed by atoms with Gasteiger partial charge in [-0.3, -0.25) is 9.59 Å². The third-order valence-corrected chi connectivity index (χ3v) is 5.58. The van der Waals surface area contributed by atoms with Gasteiger partial charge in [-0.15, -0.1) is 0 Å². The highest BCUT2D eigenvalue weighted by Crippen LogP contribution is 2.31. The Morgan fingerprint density at radius 2 is 2.00 bits per heavy atom. The van der Waals surface area contributed by atoms with E-state index in [1.165, 1.54) is 11.1 Å². The molecule has 28 heavy (non-hydrogen) atoms. The van der Waals surface area contributed by atoms with Gasteiger partial charge in [0.05, 0.1) is 5.39 Å². The van der Waals surface area contributed by atoms with Crippen molar-refractivity contribution in [3.05, 3.63) is 40.3 Å². The number of hydrazone groups is 1. The standard InChI is InChI=1S/C22H30N4O2/c1-5-12-26-22(28)18-9-7-6-8-17(18)20(25-26)21(27)24-23-19-13-15(4)10-11-16(19)14(2)3/h6-9,14-16H,5,10-13H2,1-4H3,(H,24,27)/b23-19-/t15-,16+/m1/s1. The molecule has 6 nitrogen and oxygen atoms in total. The van der Waals surface area contributed by atoms with Gasteiger partial charge in [-0.2, -0.15) is 10.2 Å². The summed E-state index contributed by atoms with van der Waals surface area (Å²) >= 11 is 0. The minimum Gasteiger partial charge on any atom is -0.267 e. The van der Waals surface area contributed by atoms with Crippen LogP contribution in [0.1, 0.15) is 63.9 Å². The molecule has 1 aromatic carbocycles. The van der Waals surface area contributed by atoms with Crippen molar-refractivity contribution >= 4 is 22.4 Å². The number of nitrogens with zero attached hydrogens (tertiary/aromatic N) is 3. The Bertz CT molecular complexity index is 945. The molecule has 1 amide bonds. The van der Waals surface area contributed by atoms with Crippen LogP contribution in [0.3, 0.4) is 0 Å². The van der Waals surface area contributed by atoms with E-state index in [-0.39, 0.29) is 17.2 Å². The van der Waals surface area contributed by atoms with Gasteiger partial charge in [0.2, 0.25) is 0 Å². The molecule has 3 rings (SSSR count). The fourth-order valence-electron chi connectivity index (χ4n) is 4.03. The van der Waals surface area contributed by atoms with Gasteiger partial charge in [-0.1, -0.05) is 45.9 Å². The number of amides is 1. The van der Waals surface area contributed by atoms with E-state index in [1.54, 1.807) is 18.2 Å². The highest BCUT2D eigenvalue weighted by atomic mass is 16.2. The van der Waals surface area contributed by atoms with Gasteiger partial charge in [0.1, 0.15) is 0 Å². The summed E-state index contributed by atoms with van der Waals surface area (Å²) in [6.07, 6.45) is 3.98. The van der Waals surface area contributed by atoms with Gasteiger partial charge < -0.3 is 0 Å². The van der Waals surface area contributed by atoms with Crippen molar-refractivity contribution in [2.24, 2.45) is 22.9 Å². The SMILES string of the molecule is CCCn1nc(C(=O)N/N=C2/C[C@H](C)CC[C@H]2C(C)C)c2ccccc2c1=O. The summed E-state index contributed by atoms with van der Waals surface area (Å²) in [5.74, 6) is 1.11. The largest absolute Gasteiger partial charge is 0.292 e. The van der Waals surface area contributed by atoms with E-state index in [4.69, 9.17) is 0 Å². The van der Waals surface area contributed by atoms with Crippen LogP contribution in [-0.2, 0) is 6.54 Å². The van der Waals surface area contributed by atoms with Crippen molar-refractivity contribution in [2.45, 2.75) is 59.9 Å². The molecule has 1 aliphatic carbocycles. The van der Waals surface area contributed by atoms with E-state index in [2.05, 4.69) is 36.4 Å². The monoisotopic (exact) mass is 382 g/mol. The van der Waals surface area contributed by atoms with Crippen LogP contribution < -0.4 is 11.0 Å². The zero-order valence-electron chi connectivity index (χ0n) is 17.2. The van der Waals surface area contributed by atoms with Crippen LogP contribution in [0.4, 0.5) is 0 Å². The van der Waals surface area contributed by atoms with Gasteiger partial charge in [0.15, 0.2) is 5.69 Å². The minimum absolute atomic E-state index is 0.165. The summed E-state index contributed by atoms with van der Waals surface area (Å²) in [6, 6.07) is 7.12. The molecule has 0 bridgehead atoms. The van der Waals surface area contributed by atoms with Crippen molar-refractivity contribution in [3.8, 4) is 0 Å². The van der Waals surface area contributed by atoms with Crippen LogP contribution in [0.2, 0.25) is 0 Å². The predicted octanol–water partition coefficient (Wildman–Crippen LogP) is 3.98. The van der Waals surface area contributed by atoms with Gasteiger partial charge in [0, 0.05) is 23.6 Å². The summed E-state index contributed by atoms with van der Waals surface area (Å²) in [5, 5.41) is 9.93. The zero-order chi connectivity index (χ0) is 20.3. The van der Waals surface area contributed by atoms with Crippen LogP contribution >= 0.6 is 0 Å². The normalized spacial score (nSPS) is 21.4. The number of hydrogen-bond acceptors (Lipinski definition) is 4. The first-order valence-corrected chi connectivity index (χ1v) is 10.3. The summed E-state index contributed by atoms with van der Waals surface area (Å²) in [7, 11) is 0. The van der Waals surface area contributed by atoms with E-state index in [0.29, 0.717) is 35.1 Å². The van der Waals surface area contributed by atoms with Crippen LogP contribution in [0.15, 0.2) is 34.2 Å². The number of benzene rings is 1. The van der Waals surface area contributed by atoms with E-state index in [0.717, 1.165) is 25.0 Å². The minimum atomic E-state index is -0.366. The summed E-state index contributed by atoms with van der Waals surface area (Å²) in [6.45, 7) is 9.09. The average Bonchev–Trinajstić information content (AvgIpc) is 2.68. The van der Waals surface area contributed by atoms with Crippen LogP contribution in [0.25, 0.3) is 10.8 Å². The molecule has 0 radical (unpaired) electrons. The molecule has 2 aromatic rings. The molecule has 1 aliphatic rings. The molecule has 1 fully saturated rings. The van der Waals surface area contributed by atoms with E-state index >= 15 is 0 Å². The lowest BCUT2D eigenvalue weighted by atomic mass is 9.76. The first-order chi connectivity index (χ1) is 13.4. The van der Waals surface area contributed by atoms with Crippen molar-refractivity contribution in [1.82, 2.24) is 15.2 Å². The van der Waals surface area contributed by atoms with E-state index in [9.17, 15) is 9.59 Å². The lowest BCUT2D eigenvalue weighted by Gasteiger charge is -2.30. The summed E-state index contributed by atoms with van der Waals surface area (Å²) in [4.78, 5) is 25.5. The van der Waals surface area contributed by atoms with Crippen molar-refractivity contribution in [1.29, 1.82) is 0 Å². The molecular weight excluding hydrogens is 352 g/mol. The second-order valence-electron chi connectivity index (χ2n) is 8.20. The number of hydrogen-bond donors (Lipinski definition) is 1. The Labute approximate surface area is 166 Å². The molecule has 1 aromatic heterocycles. The Morgan fingerprint density at radius 3 is 2.68 bits per heavy atom. The van der Waals surface area contributed by atoms with Crippen LogP contribution in [0.5, 0.6) is 0 Å². The lowest BCUT2D eigenvalue weighted by Crippen LogP contribution is -2.32. The molecule has 2 atom stereocenters. The number of aromatic nitrogens is 2. The third-order valence-electron chi connectivity index (χ3n) is 5.58. The Hall–Kier alpha value is -2.50. The quantitative estimate of drug-likeness (QED) is 0.795.